The Balaban J connectivity index is 2.05. The van der Waals surface area contributed by atoms with Crippen molar-refractivity contribution in [2.45, 2.75) is 6.04 Å². The number of thioether (sulfide) groups is 1. The first kappa shape index (κ1) is 12.2. The van der Waals surface area contributed by atoms with Gasteiger partial charge in [0.25, 0.3) is 0 Å². The van der Waals surface area contributed by atoms with Crippen LogP contribution in [0.15, 0.2) is 22.7 Å². The van der Waals surface area contributed by atoms with E-state index in [9.17, 15) is 4.79 Å². The highest BCUT2D eigenvalue weighted by atomic mass is 79.9. The first-order chi connectivity index (χ1) is 7.66. The van der Waals surface area contributed by atoms with Gasteiger partial charge in [-0.3, -0.25) is 10.1 Å². The lowest BCUT2D eigenvalue weighted by Crippen LogP contribution is -2.37. The molecule has 86 valence electrons. The minimum absolute atomic E-state index is 0.00646. The summed E-state index contributed by atoms with van der Waals surface area (Å²) in [6, 6.07) is 5.19. The molecule has 1 aliphatic rings. The number of hydrogen-bond acceptors (Lipinski definition) is 3. The van der Waals surface area contributed by atoms with E-state index in [0.717, 1.165) is 21.8 Å². The Hall–Kier alpha value is -0.230. The number of carbonyl (C=O) groups excluding carboxylic acids is 1. The van der Waals surface area contributed by atoms with Crippen LogP contribution < -0.4 is 10.6 Å². The topological polar surface area (TPSA) is 41.1 Å². The number of anilines is 1. The van der Waals surface area contributed by atoms with E-state index in [0.29, 0.717) is 5.02 Å². The summed E-state index contributed by atoms with van der Waals surface area (Å²) in [7, 11) is 0. The Labute approximate surface area is 111 Å². The standard InChI is InChI=1S/C10H10BrClN2OS/c11-7-3-6(12)1-2-8(7)14-10(15)9-4-16-5-13-9/h1-3,9,13H,4-5H2,(H,14,15). The molecule has 0 radical (unpaired) electrons. The number of carbonyl (C=O) groups is 1. The van der Waals surface area contributed by atoms with Gasteiger partial charge >= 0.3 is 0 Å². The third-order valence-electron chi connectivity index (χ3n) is 2.22. The third-order valence-corrected chi connectivity index (χ3v) is 4.05. The second-order valence-electron chi connectivity index (χ2n) is 3.39. The van der Waals surface area contributed by atoms with Gasteiger partial charge in [-0.25, -0.2) is 0 Å². The molecule has 0 bridgehead atoms. The first-order valence-corrected chi connectivity index (χ1v) is 7.06. The maximum Gasteiger partial charge on any atom is 0.242 e. The summed E-state index contributed by atoms with van der Waals surface area (Å²) in [5.41, 5.74) is 0.744. The third kappa shape index (κ3) is 2.91. The Morgan fingerprint density at radius 2 is 2.44 bits per heavy atom. The van der Waals surface area contributed by atoms with Crippen molar-refractivity contribution in [1.29, 1.82) is 0 Å². The van der Waals surface area contributed by atoms with E-state index in [-0.39, 0.29) is 11.9 Å². The van der Waals surface area contributed by atoms with Gasteiger partial charge in [0.15, 0.2) is 0 Å². The fourth-order valence-electron chi connectivity index (χ4n) is 1.37. The highest BCUT2D eigenvalue weighted by Gasteiger charge is 2.22. The van der Waals surface area contributed by atoms with Gasteiger partial charge in [-0.1, -0.05) is 11.6 Å². The van der Waals surface area contributed by atoms with Gasteiger partial charge in [0, 0.05) is 21.1 Å². The average molecular weight is 322 g/mol. The number of halogens is 2. The van der Waals surface area contributed by atoms with Crippen LogP contribution in [0.5, 0.6) is 0 Å². The maximum absolute atomic E-state index is 11.8. The molecule has 1 aliphatic heterocycles. The minimum Gasteiger partial charge on any atom is -0.324 e. The van der Waals surface area contributed by atoms with Crippen molar-refractivity contribution in [2.75, 3.05) is 16.9 Å². The van der Waals surface area contributed by atoms with Gasteiger partial charge in [0.05, 0.1) is 11.7 Å². The fraction of sp³-hybridized carbons (Fsp3) is 0.300. The Kier molecular flexibility index (Phi) is 4.13. The molecule has 0 aromatic heterocycles. The largest absolute Gasteiger partial charge is 0.324 e. The molecule has 1 aromatic carbocycles. The molecule has 1 heterocycles. The monoisotopic (exact) mass is 320 g/mol. The van der Waals surface area contributed by atoms with Crippen LogP contribution in [0.1, 0.15) is 0 Å². The average Bonchev–Trinajstić information content (AvgIpc) is 2.75. The van der Waals surface area contributed by atoms with Crippen molar-refractivity contribution < 1.29 is 4.79 Å². The normalized spacial score (nSPS) is 19.8. The van der Waals surface area contributed by atoms with Gasteiger partial charge < -0.3 is 5.32 Å². The zero-order valence-corrected chi connectivity index (χ0v) is 11.5. The smallest absolute Gasteiger partial charge is 0.242 e. The molecule has 0 saturated carbocycles. The molecule has 6 heteroatoms. The lowest BCUT2D eigenvalue weighted by atomic mass is 10.2. The predicted molar refractivity (Wildman–Crippen MR) is 72.0 cm³/mol. The van der Waals surface area contributed by atoms with Crippen molar-refractivity contribution in [3.05, 3.63) is 27.7 Å². The fourth-order valence-corrected chi connectivity index (χ4v) is 3.10. The van der Waals surface area contributed by atoms with Crippen LogP contribution in [0, 0.1) is 0 Å². The maximum atomic E-state index is 11.8. The van der Waals surface area contributed by atoms with Crippen molar-refractivity contribution in [1.82, 2.24) is 5.32 Å². The molecular weight excluding hydrogens is 312 g/mol. The first-order valence-electron chi connectivity index (χ1n) is 4.74. The van der Waals surface area contributed by atoms with Crippen LogP contribution >= 0.6 is 39.3 Å². The van der Waals surface area contributed by atoms with E-state index in [1.807, 2.05) is 0 Å². The quantitative estimate of drug-likeness (QED) is 0.880. The molecule has 2 N–H and O–H groups in total. The van der Waals surface area contributed by atoms with Crippen molar-refractivity contribution >= 4 is 50.9 Å². The van der Waals surface area contributed by atoms with E-state index in [2.05, 4.69) is 26.6 Å². The molecule has 2 rings (SSSR count). The molecule has 1 atom stereocenters. The summed E-state index contributed by atoms with van der Waals surface area (Å²) in [4.78, 5) is 11.8. The lowest BCUT2D eigenvalue weighted by Gasteiger charge is -2.11. The number of benzene rings is 1. The van der Waals surface area contributed by atoms with E-state index in [1.165, 1.54) is 0 Å². The second-order valence-corrected chi connectivity index (χ2v) is 5.71. The van der Waals surface area contributed by atoms with Gasteiger partial charge in [-0.05, 0) is 34.1 Å². The van der Waals surface area contributed by atoms with Crippen LogP contribution in [0.2, 0.25) is 5.02 Å². The van der Waals surface area contributed by atoms with Crippen molar-refractivity contribution in [3.63, 3.8) is 0 Å². The number of hydrogen-bond donors (Lipinski definition) is 2. The lowest BCUT2D eigenvalue weighted by molar-refractivity contribution is -0.117. The molecule has 0 aliphatic carbocycles. The predicted octanol–water partition coefficient (Wildman–Crippen LogP) is 2.70. The number of amides is 1. The molecule has 1 unspecified atom stereocenters. The van der Waals surface area contributed by atoms with Crippen LogP contribution in [-0.2, 0) is 4.79 Å². The number of rotatable bonds is 2. The van der Waals surface area contributed by atoms with E-state index in [4.69, 9.17) is 11.6 Å². The van der Waals surface area contributed by atoms with Gasteiger partial charge in [-0.2, -0.15) is 0 Å². The molecule has 1 amide bonds. The SMILES string of the molecule is O=C(Nc1ccc(Cl)cc1Br)C1CSCN1. The van der Waals surface area contributed by atoms with E-state index < -0.39 is 0 Å². The molecule has 0 spiro atoms. The zero-order chi connectivity index (χ0) is 11.5. The molecule has 3 nitrogen and oxygen atoms in total. The Bertz CT molecular complexity index is 410. The summed E-state index contributed by atoms with van der Waals surface area (Å²) in [6.07, 6.45) is 0. The highest BCUT2D eigenvalue weighted by molar-refractivity contribution is 9.10. The van der Waals surface area contributed by atoms with E-state index >= 15 is 0 Å². The minimum atomic E-state index is -0.104. The Morgan fingerprint density at radius 1 is 1.62 bits per heavy atom. The summed E-state index contributed by atoms with van der Waals surface area (Å²) in [5.74, 6) is 1.64. The van der Waals surface area contributed by atoms with E-state index in [1.54, 1.807) is 30.0 Å². The van der Waals surface area contributed by atoms with Gasteiger partial charge in [0.1, 0.15) is 0 Å². The molecule has 1 aromatic rings. The van der Waals surface area contributed by atoms with Crippen LogP contribution in [0.4, 0.5) is 5.69 Å². The van der Waals surface area contributed by atoms with Crippen LogP contribution in [0.25, 0.3) is 0 Å². The zero-order valence-electron chi connectivity index (χ0n) is 8.30. The summed E-state index contributed by atoms with van der Waals surface area (Å²) in [5, 5.41) is 6.61. The molecule has 1 fully saturated rings. The van der Waals surface area contributed by atoms with Crippen LogP contribution in [0.3, 0.4) is 0 Å². The van der Waals surface area contributed by atoms with Gasteiger partial charge in [0.2, 0.25) is 5.91 Å². The van der Waals surface area contributed by atoms with Gasteiger partial charge in [-0.15, -0.1) is 11.8 Å². The number of nitrogens with one attached hydrogen (secondary N) is 2. The molecular formula is C10H10BrClN2OS. The molecule has 1 saturated heterocycles. The van der Waals surface area contributed by atoms with Crippen molar-refractivity contribution in [3.8, 4) is 0 Å². The highest BCUT2D eigenvalue weighted by Crippen LogP contribution is 2.26. The summed E-state index contributed by atoms with van der Waals surface area (Å²) >= 11 is 10.9. The molecule has 16 heavy (non-hydrogen) atoms. The van der Waals surface area contributed by atoms with Crippen LogP contribution in [-0.4, -0.2) is 23.6 Å². The Morgan fingerprint density at radius 3 is 3.06 bits per heavy atom. The van der Waals surface area contributed by atoms with Crippen molar-refractivity contribution in [2.24, 2.45) is 0 Å². The summed E-state index contributed by atoms with van der Waals surface area (Å²) < 4.78 is 0.791. The summed E-state index contributed by atoms with van der Waals surface area (Å²) in [6.45, 7) is 0. The second kappa shape index (κ2) is 5.40.